The molecule has 1 fully saturated rings. The first-order valence-electron chi connectivity index (χ1n) is 9.40. The molecule has 3 rings (SSSR count). The van der Waals surface area contributed by atoms with E-state index >= 15 is 0 Å². The Morgan fingerprint density at radius 2 is 2.03 bits per heavy atom. The lowest BCUT2D eigenvalue weighted by molar-refractivity contribution is -0.121. The maximum atomic E-state index is 12.7. The SMILES string of the molecule is C[C@H](Sc1nnc(CCC(N)=O)n1C1CC1)C(=O)N[C@H](C)c1ccc(Cl)cc1Cl. The van der Waals surface area contributed by atoms with Crippen LogP contribution in [0.2, 0.25) is 10.0 Å². The van der Waals surface area contributed by atoms with Crippen molar-refractivity contribution in [3.05, 3.63) is 39.6 Å². The maximum Gasteiger partial charge on any atom is 0.233 e. The minimum atomic E-state index is -0.380. The number of amides is 2. The summed E-state index contributed by atoms with van der Waals surface area (Å²) in [6.45, 7) is 3.70. The van der Waals surface area contributed by atoms with Crippen LogP contribution in [0.3, 0.4) is 0 Å². The molecule has 2 aromatic rings. The molecule has 10 heteroatoms. The predicted molar refractivity (Wildman–Crippen MR) is 114 cm³/mol. The van der Waals surface area contributed by atoms with E-state index in [1.165, 1.54) is 11.8 Å². The maximum absolute atomic E-state index is 12.7. The number of benzene rings is 1. The van der Waals surface area contributed by atoms with E-state index in [0.717, 1.165) is 24.2 Å². The van der Waals surface area contributed by atoms with Gasteiger partial charge in [-0.2, -0.15) is 0 Å². The van der Waals surface area contributed by atoms with Crippen molar-refractivity contribution in [2.45, 2.75) is 62.0 Å². The molecule has 1 aromatic heterocycles. The molecular weight excluding hydrogens is 433 g/mol. The second-order valence-electron chi connectivity index (χ2n) is 7.12. The zero-order valence-corrected chi connectivity index (χ0v) is 18.5. The van der Waals surface area contributed by atoms with Crippen molar-refractivity contribution in [3.63, 3.8) is 0 Å². The summed E-state index contributed by atoms with van der Waals surface area (Å²) in [4.78, 5) is 23.8. The number of hydrogen-bond donors (Lipinski definition) is 2. The lowest BCUT2D eigenvalue weighted by Gasteiger charge is -2.19. The Labute approximate surface area is 183 Å². The molecule has 0 bridgehead atoms. The Bertz CT molecular complexity index is 916. The van der Waals surface area contributed by atoms with Crippen LogP contribution in [0.15, 0.2) is 23.4 Å². The van der Waals surface area contributed by atoms with Crippen LogP contribution in [0.5, 0.6) is 0 Å². The van der Waals surface area contributed by atoms with E-state index in [1.807, 2.05) is 24.5 Å². The summed E-state index contributed by atoms with van der Waals surface area (Å²) in [7, 11) is 0. The van der Waals surface area contributed by atoms with Crippen molar-refractivity contribution in [2.24, 2.45) is 5.73 Å². The topological polar surface area (TPSA) is 103 Å². The Kier molecular flexibility index (Phi) is 7.08. The minimum absolute atomic E-state index is 0.127. The first-order chi connectivity index (χ1) is 13.8. The summed E-state index contributed by atoms with van der Waals surface area (Å²) >= 11 is 13.5. The quantitative estimate of drug-likeness (QED) is 0.561. The molecule has 1 aliphatic rings. The fourth-order valence-electron chi connectivity index (χ4n) is 2.97. The highest BCUT2D eigenvalue weighted by Gasteiger charge is 2.31. The van der Waals surface area contributed by atoms with Crippen molar-refractivity contribution in [2.75, 3.05) is 0 Å². The van der Waals surface area contributed by atoms with Crippen molar-refractivity contribution in [1.29, 1.82) is 0 Å². The zero-order chi connectivity index (χ0) is 21.1. The van der Waals surface area contributed by atoms with Crippen LogP contribution in [0, 0.1) is 0 Å². The largest absolute Gasteiger partial charge is 0.370 e. The molecular formula is C19H23Cl2N5O2S. The summed E-state index contributed by atoms with van der Waals surface area (Å²) in [6, 6.07) is 5.28. The first-order valence-corrected chi connectivity index (χ1v) is 11.0. The Morgan fingerprint density at radius 3 is 2.66 bits per heavy atom. The number of aromatic nitrogens is 3. The lowest BCUT2D eigenvalue weighted by atomic mass is 10.1. The highest BCUT2D eigenvalue weighted by Crippen LogP contribution is 2.39. The Balaban J connectivity index is 1.65. The predicted octanol–water partition coefficient (Wildman–Crippen LogP) is 3.70. The van der Waals surface area contributed by atoms with E-state index in [2.05, 4.69) is 15.5 Å². The van der Waals surface area contributed by atoms with E-state index in [4.69, 9.17) is 28.9 Å². The number of halogens is 2. The van der Waals surface area contributed by atoms with E-state index in [0.29, 0.717) is 27.7 Å². The van der Waals surface area contributed by atoms with Gasteiger partial charge in [-0.05, 0) is 44.4 Å². The van der Waals surface area contributed by atoms with Crippen LogP contribution >= 0.6 is 35.0 Å². The summed E-state index contributed by atoms with van der Waals surface area (Å²) in [5.74, 6) is 0.243. The number of rotatable bonds is 9. The van der Waals surface area contributed by atoms with Gasteiger partial charge < -0.3 is 15.6 Å². The van der Waals surface area contributed by atoms with Crippen LogP contribution in [0.4, 0.5) is 0 Å². The van der Waals surface area contributed by atoms with Crippen molar-refractivity contribution >= 4 is 46.8 Å². The molecule has 7 nitrogen and oxygen atoms in total. The molecule has 1 aliphatic carbocycles. The number of nitrogens with zero attached hydrogens (tertiary/aromatic N) is 3. The highest BCUT2D eigenvalue weighted by molar-refractivity contribution is 8.00. The summed E-state index contributed by atoms with van der Waals surface area (Å²) in [5, 5.41) is 12.8. The standard InChI is InChI=1S/C19H23Cl2N5O2S/c1-10(14-6-3-12(20)9-15(14)21)23-18(28)11(2)29-19-25-24-17(8-7-16(22)27)26(19)13-4-5-13/h3,6,9-11,13H,4-5,7-8H2,1-2H3,(H2,22,27)(H,23,28)/t10-,11+/m1/s1. The van der Waals surface area contributed by atoms with Gasteiger partial charge in [0.05, 0.1) is 11.3 Å². The molecule has 29 heavy (non-hydrogen) atoms. The number of nitrogens with two attached hydrogens (primary N) is 1. The third-order valence-electron chi connectivity index (χ3n) is 4.68. The number of hydrogen-bond acceptors (Lipinski definition) is 5. The second-order valence-corrected chi connectivity index (χ2v) is 9.27. The first kappa shape index (κ1) is 21.9. The smallest absolute Gasteiger partial charge is 0.233 e. The third kappa shape index (κ3) is 5.65. The molecule has 0 unspecified atom stereocenters. The average Bonchev–Trinajstić information content (AvgIpc) is 3.40. The number of primary amides is 1. The fraction of sp³-hybridized carbons (Fsp3) is 0.474. The molecule has 1 saturated carbocycles. The van der Waals surface area contributed by atoms with Gasteiger partial charge in [0, 0.05) is 28.9 Å². The molecule has 3 N–H and O–H groups in total. The molecule has 0 aliphatic heterocycles. The Morgan fingerprint density at radius 1 is 1.31 bits per heavy atom. The van der Waals surface area contributed by atoms with Crippen LogP contribution in [-0.2, 0) is 16.0 Å². The molecule has 1 aromatic carbocycles. The number of thioether (sulfide) groups is 1. The number of carbonyl (C=O) groups is 2. The van der Waals surface area contributed by atoms with E-state index in [1.54, 1.807) is 12.1 Å². The van der Waals surface area contributed by atoms with Crippen LogP contribution in [0.25, 0.3) is 0 Å². The number of nitrogens with one attached hydrogen (secondary N) is 1. The second kappa shape index (κ2) is 9.36. The molecule has 0 radical (unpaired) electrons. The molecule has 2 amide bonds. The van der Waals surface area contributed by atoms with Crippen LogP contribution in [0.1, 0.15) is 56.6 Å². The normalized spacial score (nSPS) is 15.7. The summed E-state index contributed by atoms with van der Waals surface area (Å²) in [5.41, 5.74) is 6.05. The van der Waals surface area contributed by atoms with Gasteiger partial charge in [-0.1, -0.05) is 41.0 Å². The fourth-order valence-corrected chi connectivity index (χ4v) is 4.48. The highest BCUT2D eigenvalue weighted by atomic mass is 35.5. The average molecular weight is 456 g/mol. The van der Waals surface area contributed by atoms with Crippen molar-refractivity contribution < 1.29 is 9.59 Å². The zero-order valence-electron chi connectivity index (χ0n) is 16.2. The van der Waals surface area contributed by atoms with Gasteiger partial charge in [0.15, 0.2) is 5.16 Å². The summed E-state index contributed by atoms with van der Waals surface area (Å²) in [6.07, 6.45) is 2.76. The van der Waals surface area contributed by atoms with Crippen molar-refractivity contribution in [1.82, 2.24) is 20.1 Å². The van der Waals surface area contributed by atoms with Gasteiger partial charge in [0.25, 0.3) is 0 Å². The van der Waals surface area contributed by atoms with E-state index < -0.39 is 0 Å². The molecule has 0 spiro atoms. The third-order valence-corrected chi connectivity index (χ3v) is 6.30. The molecule has 156 valence electrons. The molecule has 1 heterocycles. The van der Waals surface area contributed by atoms with Gasteiger partial charge in [-0.15, -0.1) is 10.2 Å². The van der Waals surface area contributed by atoms with Crippen molar-refractivity contribution in [3.8, 4) is 0 Å². The Hall–Kier alpha value is -1.77. The minimum Gasteiger partial charge on any atom is -0.370 e. The monoisotopic (exact) mass is 455 g/mol. The number of aryl methyl sites for hydroxylation is 1. The van der Waals surface area contributed by atoms with Gasteiger partial charge in [0.2, 0.25) is 11.8 Å². The molecule has 0 saturated heterocycles. The van der Waals surface area contributed by atoms with Crippen LogP contribution < -0.4 is 11.1 Å². The van der Waals surface area contributed by atoms with Gasteiger partial charge in [0.1, 0.15) is 5.82 Å². The van der Waals surface area contributed by atoms with Gasteiger partial charge >= 0.3 is 0 Å². The van der Waals surface area contributed by atoms with Crippen LogP contribution in [-0.4, -0.2) is 31.8 Å². The molecule has 2 atom stereocenters. The number of carbonyl (C=O) groups excluding carboxylic acids is 2. The van der Waals surface area contributed by atoms with E-state index in [-0.39, 0.29) is 29.5 Å². The summed E-state index contributed by atoms with van der Waals surface area (Å²) < 4.78 is 2.04. The van der Waals surface area contributed by atoms with Gasteiger partial charge in [-0.3, -0.25) is 9.59 Å². The van der Waals surface area contributed by atoms with E-state index in [9.17, 15) is 9.59 Å². The lowest BCUT2D eigenvalue weighted by Crippen LogP contribution is -2.33. The van der Waals surface area contributed by atoms with Gasteiger partial charge in [-0.25, -0.2) is 0 Å².